The molecule has 0 atom stereocenters. The molecule has 0 aliphatic carbocycles. The van der Waals surface area contributed by atoms with Crippen molar-refractivity contribution in [2.75, 3.05) is 11.0 Å². The van der Waals surface area contributed by atoms with Crippen LogP contribution >= 0.6 is 45.4 Å². The van der Waals surface area contributed by atoms with Gasteiger partial charge in [-0.1, -0.05) is 83.9 Å². The van der Waals surface area contributed by atoms with E-state index in [-0.39, 0.29) is 116 Å². The van der Waals surface area contributed by atoms with E-state index in [1.807, 2.05) is 0 Å². The third-order valence-electron chi connectivity index (χ3n) is 5.18. The molecule has 196 valence electrons. The molecule has 2 aliphatic heterocycles. The van der Waals surface area contributed by atoms with Crippen molar-refractivity contribution < 1.29 is 46.4 Å². The second-order valence-corrected chi connectivity index (χ2v) is 28.2. The van der Waals surface area contributed by atoms with Crippen molar-refractivity contribution in [3.05, 3.63) is 20.4 Å². The molecule has 0 radical (unpaired) electrons. The second kappa shape index (κ2) is 36.4. The molecule has 0 aromatic heterocycles. The first-order valence-corrected chi connectivity index (χ1v) is 22.9. The van der Waals surface area contributed by atoms with Crippen LogP contribution in [0.2, 0.25) is 43.8 Å². The number of alkyl halides is 2. The first kappa shape index (κ1) is 58.9. The Kier molecular flexibility index (Phi) is 63.0. The summed E-state index contributed by atoms with van der Waals surface area (Å²) >= 11 is 22.1. The van der Waals surface area contributed by atoms with E-state index in [0.29, 0.717) is 5.50 Å². The monoisotopic (exact) mass is 786 g/mol. The molecule has 0 bridgehead atoms. The van der Waals surface area contributed by atoms with Gasteiger partial charge in [0.1, 0.15) is 0 Å². The molecular weight excluding hydrogens is 746 g/mol. The zero-order chi connectivity index (χ0) is 22.1. The number of hydrogen-bond acceptors (Lipinski definition) is 0. The molecule has 0 aromatic rings. The molecule has 2 fully saturated rings. The van der Waals surface area contributed by atoms with E-state index in [9.17, 15) is 0 Å². The SMILES string of the molecule is C[Si](Cl)(Cl)CCl.C[Si]1(CCl)CCCCC1.[Br-].[Br-].[CH2-]CCC[CH2-].[CH2-][Si]1(C)CCCCC1.[Cl-].[Mg+2].[Mg+2].[Mg+2]. The van der Waals surface area contributed by atoms with E-state index in [1.165, 1.54) is 69.1 Å². The van der Waals surface area contributed by atoms with Gasteiger partial charge in [-0.2, -0.15) is 12.8 Å². The Bertz CT molecular complexity index is 359. The van der Waals surface area contributed by atoms with Gasteiger partial charge in [-0.05, 0) is 6.55 Å². The fourth-order valence-corrected chi connectivity index (χ4v) is 9.10. The minimum absolute atomic E-state index is 0. The molecular formula is C21H45Br2Cl5Mg3Si3. The minimum atomic E-state index is -1.92. The maximum absolute atomic E-state index is 5.88. The zero-order valence-electron chi connectivity index (χ0n) is 22.0. The summed E-state index contributed by atoms with van der Waals surface area (Å²) in [6, 6.07) is 5.92. The largest absolute Gasteiger partial charge is 2.00 e. The van der Waals surface area contributed by atoms with Gasteiger partial charge in [0.05, 0.1) is 8.07 Å². The van der Waals surface area contributed by atoms with Gasteiger partial charge in [-0.15, -0.1) is 51.8 Å². The summed E-state index contributed by atoms with van der Waals surface area (Å²) in [5.74, 6) is 0. The van der Waals surface area contributed by atoms with E-state index in [2.05, 4.69) is 33.5 Å². The third-order valence-corrected chi connectivity index (χ3v) is 17.7. The van der Waals surface area contributed by atoms with Gasteiger partial charge in [-0.25, -0.2) is 0 Å². The van der Waals surface area contributed by atoms with Crippen LogP contribution in [0.25, 0.3) is 0 Å². The maximum Gasteiger partial charge on any atom is 2.00 e. The maximum atomic E-state index is 5.88. The smallest absolute Gasteiger partial charge is 1.00 e. The average molecular weight is 792 g/mol. The van der Waals surface area contributed by atoms with Crippen molar-refractivity contribution in [2.24, 2.45) is 0 Å². The van der Waals surface area contributed by atoms with Gasteiger partial charge < -0.3 is 66.8 Å². The summed E-state index contributed by atoms with van der Waals surface area (Å²) in [6.07, 6.45) is 12.0. The summed E-state index contributed by atoms with van der Waals surface area (Å²) < 4.78 is 0. The molecule has 2 heterocycles. The molecule has 0 nitrogen and oxygen atoms in total. The van der Waals surface area contributed by atoms with Gasteiger partial charge in [0.25, 0.3) is 6.69 Å². The second-order valence-electron chi connectivity index (χ2n) is 9.14. The van der Waals surface area contributed by atoms with E-state index in [4.69, 9.17) is 45.4 Å². The molecule has 2 saturated heterocycles. The molecule has 0 spiro atoms. The van der Waals surface area contributed by atoms with E-state index < -0.39 is 22.8 Å². The summed E-state index contributed by atoms with van der Waals surface area (Å²) in [5.41, 5.74) is 1.41. The van der Waals surface area contributed by atoms with Crippen molar-refractivity contribution in [2.45, 2.75) is 102 Å². The number of rotatable bonds is 4. The van der Waals surface area contributed by atoms with Crippen LogP contribution in [0.1, 0.15) is 57.8 Å². The van der Waals surface area contributed by atoms with Crippen LogP contribution in [-0.2, 0) is 0 Å². The fraction of sp³-hybridized carbons (Fsp3) is 0.857. The van der Waals surface area contributed by atoms with Gasteiger partial charge in [0, 0.05) is 11.0 Å². The van der Waals surface area contributed by atoms with Crippen LogP contribution in [0.3, 0.4) is 0 Å². The topological polar surface area (TPSA) is 0 Å². The van der Waals surface area contributed by atoms with Crippen molar-refractivity contribution in [3.63, 3.8) is 0 Å². The molecule has 2 aliphatic rings. The fourth-order valence-electron chi connectivity index (χ4n) is 3.12. The molecule has 13 heteroatoms. The Morgan fingerprint density at radius 3 is 1.15 bits per heavy atom. The number of halogens is 7. The molecule has 2 rings (SSSR count). The third kappa shape index (κ3) is 44.4. The Morgan fingerprint density at radius 2 is 1.03 bits per heavy atom. The average Bonchev–Trinajstić information content (AvgIpc) is 2.64. The number of unbranched alkanes of at least 4 members (excludes halogenated alkanes) is 2. The van der Waals surface area contributed by atoms with Gasteiger partial charge >= 0.3 is 69.2 Å². The Labute approximate surface area is 312 Å². The van der Waals surface area contributed by atoms with Gasteiger partial charge in [0.15, 0.2) is 0 Å². The zero-order valence-corrected chi connectivity index (χ0v) is 36.2. The predicted molar refractivity (Wildman–Crippen MR) is 162 cm³/mol. The van der Waals surface area contributed by atoms with Crippen molar-refractivity contribution in [1.29, 1.82) is 0 Å². The predicted octanol–water partition coefficient (Wildman–Crippen LogP) is -0.342. The Hall–Kier alpha value is 5.36. The molecule has 34 heavy (non-hydrogen) atoms. The van der Waals surface area contributed by atoms with Crippen molar-refractivity contribution in [3.8, 4) is 0 Å². The van der Waals surface area contributed by atoms with Crippen molar-refractivity contribution in [1.82, 2.24) is 0 Å². The first-order chi connectivity index (χ1) is 12.9. The standard InChI is InChI=1S/C7H15ClSi.C7H15Si.C5H10.C2H5Cl3Si.2BrH.ClH.3Mg/c1-9(7-8)5-3-2-4-6-9;1-8(2)6-4-3-5-7-8;1-3-5-4-2;1-6(4,5)2-3;;;;;;/h2-7H2,1H3;1,3-7H2,2H3;1-5H2;2H2,1H3;3*1H;;;/q;-1;-2;;;;;3*+2/p-3. The molecule has 0 N–H and O–H groups in total. The summed E-state index contributed by atoms with van der Waals surface area (Å²) in [4.78, 5) is 0. The summed E-state index contributed by atoms with van der Waals surface area (Å²) in [7, 11) is -1.69. The summed E-state index contributed by atoms with van der Waals surface area (Å²) in [6.45, 7) is 16.3. The van der Waals surface area contributed by atoms with Crippen molar-refractivity contribution >= 4 is 137 Å². The van der Waals surface area contributed by atoms with Gasteiger partial charge in [0.2, 0.25) is 0 Å². The summed E-state index contributed by atoms with van der Waals surface area (Å²) in [5, 5.41) is 0. The van der Waals surface area contributed by atoms with Crippen LogP contribution in [0.15, 0.2) is 0 Å². The van der Waals surface area contributed by atoms with Crippen LogP contribution in [0, 0.1) is 20.4 Å². The van der Waals surface area contributed by atoms with E-state index in [0.717, 1.165) is 18.3 Å². The van der Waals surface area contributed by atoms with E-state index >= 15 is 0 Å². The van der Waals surface area contributed by atoms with Gasteiger partial charge in [-0.3, -0.25) is 0 Å². The molecule has 0 unspecified atom stereocenters. The van der Waals surface area contributed by atoms with E-state index in [1.54, 1.807) is 6.55 Å². The Morgan fingerprint density at radius 1 is 0.735 bits per heavy atom. The normalized spacial score (nSPS) is 16.8. The molecule has 0 amide bonds. The van der Waals surface area contributed by atoms with Crippen LogP contribution in [0.5, 0.6) is 0 Å². The van der Waals surface area contributed by atoms with Crippen LogP contribution < -0.4 is 46.4 Å². The quantitative estimate of drug-likeness (QED) is 0.159. The Balaban J connectivity index is -0.0000000426. The number of hydrogen-bond donors (Lipinski definition) is 0. The molecule has 0 aromatic carbocycles. The molecule has 0 saturated carbocycles. The van der Waals surface area contributed by atoms with Crippen LogP contribution in [-0.4, -0.2) is 103 Å². The first-order valence-electron chi connectivity index (χ1n) is 10.9. The minimum Gasteiger partial charge on any atom is -1.00 e. The van der Waals surface area contributed by atoms with Crippen LogP contribution in [0.4, 0.5) is 0 Å².